The zero-order valence-electron chi connectivity index (χ0n) is 10.6. The molecule has 2 heterocycles. The predicted octanol–water partition coefficient (Wildman–Crippen LogP) is 1.67. The van der Waals surface area contributed by atoms with E-state index in [1.807, 2.05) is 0 Å². The second kappa shape index (κ2) is 5.91. The first kappa shape index (κ1) is 12.2. The molecule has 4 N–H and O–H groups in total. The van der Waals surface area contributed by atoms with Crippen molar-refractivity contribution in [3.05, 3.63) is 6.20 Å². The molecule has 0 aromatic carbocycles. The third-order valence-corrected chi connectivity index (χ3v) is 3.55. The number of likely N-dealkylation sites (tertiary alicyclic amines) is 1. The van der Waals surface area contributed by atoms with Crippen molar-refractivity contribution in [3.8, 4) is 0 Å². The lowest BCUT2D eigenvalue weighted by atomic mass is 10.0. The highest BCUT2D eigenvalue weighted by molar-refractivity contribution is 5.59. The Morgan fingerprint density at radius 3 is 3.18 bits per heavy atom. The predicted molar refractivity (Wildman–Crippen MR) is 71.0 cm³/mol. The van der Waals surface area contributed by atoms with E-state index in [0.29, 0.717) is 5.82 Å². The Hall–Kier alpha value is -1.23. The number of anilines is 2. The summed E-state index contributed by atoms with van der Waals surface area (Å²) in [5.41, 5.74) is 6.61. The number of aromatic amines is 1. The van der Waals surface area contributed by atoms with Crippen LogP contribution in [0.3, 0.4) is 0 Å². The molecule has 0 amide bonds. The number of nitrogen functional groups attached to an aromatic ring is 1. The van der Waals surface area contributed by atoms with Crippen molar-refractivity contribution in [1.82, 2.24) is 15.1 Å². The van der Waals surface area contributed by atoms with Gasteiger partial charge in [-0.05, 0) is 32.7 Å². The lowest BCUT2D eigenvalue weighted by molar-refractivity contribution is 0.160. The van der Waals surface area contributed by atoms with Gasteiger partial charge in [-0.25, -0.2) is 0 Å². The Balaban J connectivity index is 1.64. The van der Waals surface area contributed by atoms with Gasteiger partial charge >= 0.3 is 0 Å². The maximum atomic E-state index is 5.70. The zero-order valence-corrected chi connectivity index (χ0v) is 10.6. The first-order valence-corrected chi connectivity index (χ1v) is 6.54. The minimum absolute atomic E-state index is 0.622. The summed E-state index contributed by atoms with van der Waals surface area (Å²) < 4.78 is 0. The second-order valence-corrected chi connectivity index (χ2v) is 4.86. The van der Waals surface area contributed by atoms with Gasteiger partial charge in [0.2, 0.25) is 0 Å². The summed E-state index contributed by atoms with van der Waals surface area (Å²) in [5.74, 6) is 0.622. The molecule has 0 saturated carbocycles. The summed E-state index contributed by atoms with van der Waals surface area (Å²) in [6, 6.07) is 0.753. The Morgan fingerprint density at radius 1 is 1.59 bits per heavy atom. The first-order valence-electron chi connectivity index (χ1n) is 6.54. The largest absolute Gasteiger partial charge is 0.382 e. The van der Waals surface area contributed by atoms with Crippen LogP contribution in [0, 0.1) is 0 Å². The van der Waals surface area contributed by atoms with Crippen molar-refractivity contribution < 1.29 is 0 Å². The summed E-state index contributed by atoms with van der Waals surface area (Å²) in [7, 11) is 0. The van der Waals surface area contributed by atoms with Crippen LogP contribution in [0.4, 0.5) is 11.5 Å². The van der Waals surface area contributed by atoms with E-state index < -0.39 is 0 Å². The van der Waals surface area contributed by atoms with Gasteiger partial charge in [0.05, 0.1) is 11.9 Å². The molecule has 1 saturated heterocycles. The van der Waals surface area contributed by atoms with Crippen molar-refractivity contribution in [2.24, 2.45) is 0 Å². The molecule has 5 nitrogen and oxygen atoms in total. The Bertz CT molecular complexity index is 335. The molecular weight excluding hydrogens is 214 g/mol. The fourth-order valence-electron chi connectivity index (χ4n) is 2.43. The van der Waals surface area contributed by atoms with Gasteiger partial charge < -0.3 is 16.0 Å². The first-order chi connectivity index (χ1) is 8.27. The van der Waals surface area contributed by atoms with Crippen LogP contribution in [-0.4, -0.2) is 40.8 Å². The molecule has 1 fully saturated rings. The average Bonchev–Trinajstić information content (AvgIpc) is 2.73. The number of nitrogens with two attached hydrogens (primary N) is 1. The number of nitrogens with zero attached hydrogens (tertiary/aromatic N) is 2. The summed E-state index contributed by atoms with van der Waals surface area (Å²) in [6.45, 7) is 5.72. The van der Waals surface area contributed by atoms with E-state index in [-0.39, 0.29) is 0 Å². The highest BCUT2D eigenvalue weighted by Crippen LogP contribution is 2.17. The van der Waals surface area contributed by atoms with Crippen molar-refractivity contribution in [2.75, 3.05) is 30.7 Å². The van der Waals surface area contributed by atoms with Gasteiger partial charge in [0.1, 0.15) is 5.82 Å². The van der Waals surface area contributed by atoms with Gasteiger partial charge in [-0.1, -0.05) is 6.42 Å². The molecule has 1 aliphatic heterocycles. The summed E-state index contributed by atoms with van der Waals surface area (Å²) in [4.78, 5) is 2.59. The van der Waals surface area contributed by atoms with E-state index in [0.717, 1.165) is 24.7 Å². The molecule has 0 radical (unpaired) electrons. The van der Waals surface area contributed by atoms with Gasteiger partial charge in [0.15, 0.2) is 0 Å². The van der Waals surface area contributed by atoms with Gasteiger partial charge in [0.25, 0.3) is 0 Å². The number of hydrogen-bond acceptors (Lipinski definition) is 4. The van der Waals surface area contributed by atoms with Crippen LogP contribution in [0.1, 0.15) is 32.6 Å². The van der Waals surface area contributed by atoms with Gasteiger partial charge in [0, 0.05) is 19.1 Å². The Labute approximate surface area is 103 Å². The molecule has 0 spiro atoms. The van der Waals surface area contributed by atoms with E-state index in [1.165, 1.54) is 32.4 Å². The number of piperidine rings is 1. The SMILES string of the molecule is CC1CCCCN1CCCNc1cn[nH]c1N. The van der Waals surface area contributed by atoms with Crippen LogP contribution in [-0.2, 0) is 0 Å². The number of nitrogens with one attached hydrogen (secondary N) is 2. The zero-order chi connectivity index (χ0) is 12.1. The van der Waals surface area contributed by atoms with Crippen LogP contribution in [0.2, 0.25) is 0 Å². The van der Waals surface area contributed by atoms with Crippen LogP contribution in [0.15, 0.2) is 6.20 Å². The van der Waals surface area contributed by atoms with E-state index in [4.69, 9.17) is 5.73 Å². The molecular formula is C12H23N5. The lowest BCUT2D eigenvalue weighted by Crippen LogP contribution is -2.38. The van der Waals surface area contributed by atoms with E-state index in [2.05, 4.69) is 27.3 Å². The monoisotopic (exact) mass is 237 g/mol. The van der Waals surface area contributed by atoms with Crippen molar-refractivity contribution in [2.45, 2.75) is 38.6 Å². The molecule has 1 aliphatic rings. The standard InChI is InChI=1S/C12H23N5/c1-10-5-2-3-7-17(10)8-4-6-14-11-9-15-16-12(11)13/h9-10,14H,2-8H2,1H3,(H3,13,15,16). The highest BCUT2D eigenvalue weighted by atomic mass is 15.2. The molecule has 5 heteroatoms. The molecule has 1 atom stereocenters. The van der Waals surface area contributed by atoms with Crippen LogP contribution < -0.4 is 11.1 Å². The Morgan fingerprint density at radius 2 is 2.47 bits per heavy atom. The number of aromatic nitrogens is 2. The maximum absolute atomic E-state index is 5.70. The second-order valence-electron chi connectivity index (χ2n) is 4.86. The fourth-order valence-corrected chi connectivity index (χ4v) is 2.43. The molecule has 96 valence electrons. The Kier molecular flexibility index (Phi) is 4.25. The highest BCUT2D eigenvalue weighted by Gasteiger charge is 2.16. The van der Waals surface area contributed by atoms with Crippen LogP contribution >= 0.6 is 0 Å². The van der Waals surface area contributed by atoms with E-state index >= 15 is 0 Å². The lowest BCUT2D eigenvalue weighted by Gasteiger charge is -2.33. The smallest absolute Gasteiger partial charge is 0.142 e. The van der Waals surface area contributed by atoms with Gasteiger partial charge in [-0.2, -0.15) is 5.10 Å². The third-order valence-electron chi connectivity index (χ3n) is 3.55. The summed E-state index contributed by atoms with van der Waals surface area (Å²) in [6.07, 6.45) is 6.98. The van der Waals surface area contributed by atoms with Crippen molar-refractivity contribution in [1.29, 1.82) is 0 Å². The van der Waals surface area contributed by atoms with Gasteiger partial charge in [-0.15, -0.1) is 0 Å². The topological polar surface area (TPSA) is 70.0 Å². The van der Waals surface area contributed by atoms with Gasteiger partial charge in [-0.3, -0.25) is 5.10 Å². The van der Waals surface area contributed by atoms with Crippen LogP contribution in [0.5, 0.6) is 0 Å². The number of H-pyrrole nitrogens is 1. The minimum Gasteiger partial charge on any atom is -0.382 e. The molecule has 0 aliphatic carbocycles. The maximum Gasteiger partial charge on any atom is 0.142 e. The minimum atomic E-state index is 0.622. The molecule has 1 unspecified atom stereocenters. The number of rotatable bonds is 5. The summed E-state index contributed by atoms with van der Waals surface area (Å²) >= 11 is 0. The van der Waals surface area contributed by atoms with E-state index in [1.54, 1.807) is 6.20 Å². The summed E-state index contributed by atoms with van der Waals surface area (Å²) in [5, 5.41) is 9.90. The molecule has 0 bridgehead atoms. The molecule has 17 heavy (non-hydrogen) atoms. The quantitative estimate of drug-likeness (QED) is 0.681. The average molecular weight is 237 g/mol. The van der Waals surface area contributed by atoms with Crippen molar-refractivity contribution in [3.63, 3.8) is 0 Å². The molecule has 1 aromatic rings. The third kappa shape index (κ3) is 3.36. The molecule has 1 aromatic heterocycles. The fraction of sp³-hybridized carbons (Fsp3) is 0.750. The number of hydrogen-bond donors (Lipinski definition) is 3. The normalized spacial score (nSPS) is 21.6. The van der Waals surface area contributed by atoms with E-state index in [9.17, 15) is 0 Å². The molecule has 2 rings (SSSR count). The van der Waals surface area contributed by atoms with Crippen molar-refractivity contribution >= 4 is 11.5 Å². The van der Waals surface area contributed by atoms with Crippen LogP contribution in [0.25, 0.3) is 0 Å².